The van der Waals surface area contributed by atoms with E-state index in [1.165, 1.54) is 0 Å². The van der Waals surface area contributed by atoms with Crippen LogP contribution in [-0.2, 0) is 19.0 Å². The van der Waals surface area contributed by atoms with E-state index >= 15 is 0 Å². The molecule has 0 amide bonds. The van der Waals surface area contributed by atoms with Crippen LogP contribution in [0.25, 0.3) is 0 Å². The number of halogens is 7. The van der Waals surface area contributed by atoms with Gasteiger partial charge >= 0.3 is 30.1 Å². The van der Waals surface area contributed by atoms with Crippen molar-refractivity contribution in [1.82, 2.24) is 0 Å². The molecule has 20 heavy (non-hydrogen) atoms. The van der Waals surface area contributed by atoms with Gasteiger partial charge in [0.25, 0.3) is 0 Å². The molecule has 12 heteroatoms. The third-order valence-corrected chi connectivity index (χ3v) is 2.07. The Morgan fingerprint density at radius 1 is 1.20 bits per heavy atom. The smallest absolute Gasteiger partial charge is 0.456 e. The Bertz CT molecular complexity index is 405. The summed E-state index contributed by atoms with van der Waals surface area (Å²) in [7, 11) is 0. The predicted octanol–water partition coefficient (Wildman–Crippen LogP) is 1.90. The highest BCUT2D eigenvalue weighted by Gasteiger charge is 2.73. The molecule has 1 atom stereocenters. The monoisotopic (exact) mass is 314 g/mol. The van der Waals surface area contributed by atoms with Crippen LogP contribution in [0.15, 0.2) is 0 Å². The molecule has 1 aliphatic heterocycles. The van der Waals surface area contributed by atoms with Crippen molar-refractivity contribution < 1.29 is 54.5 Å². The van der Waals surface area contributed by atoms with Gasteiger partial charge in [0, 0.05) is 0 Å². The molecule has 0 radical (unpaired) electrons. The summed E-state index contributed by atoms with van der Waals surface area (Å²) in [4.78, 5) is 21.4. The summed E-state index contributed by atoms with van der Waals surface area (Å²) in [5.41, 5.74) is 0. The summed E-state index contributed by atoms with van der Waals surface area (Å²) < 4.78 is 97.3. The van der Waals surface area contributed by atoms with Gasteiger partial charge in [-0.1, -0.05) is 0 Å². The van der Waals surface area contributed by atoms with E-state index in [-0.39, 0.29) is 0 Å². The lowest BCUT2D eigenvalue weighted by atomic mass is 10.2. The number of ether oxygens (including phenoxy) is 3. The molecule has 1 aliphatic rings. The maximum absolute atomic E-state index is 12.7. The molecule has 0 aromatic carbocycles. The molecule has 1 saturated heterocycles. The van der Waals surface area contributed by atoms with Gasteiger partial charge in [-0.15, -0.1) is 0 Å². The van der Waals surface area contributed by atoms with E-state index in [1.807, 2.05) is 0 Å². The molecule has 0 saturated carbocycles. The first-order valence-electron chi connectivity index (χ1n) is 4.71. The highest BCUT2D eigenvalue weighted by Crippen LogP contribution is 2.46. The maximum atomic E-state index is 12.7. The third-order valence-electron chi connectivity index (χ3n) is 2.07. The Kier molecular flexibility index (Phi) is 4.06. The number of cyclic esters (lactones) is 2. The Labute approximate surface area is 105 Å². The molecule has 1 heterocycles. The van der Waals surface area contributed by atoms with Crippen LogP contribution in [0.2, 0.25) is 0 Å². The van der Waals surface area contributed by atoms with Crippen molar-refractivity contribution in [3.63, 3.8) is 0 Å². The highest BCUT2D eigenvalue weighted by atomic mass is 19.4. The van der Waals surface area contributed by atoms with Crippen LogP contribution in [0.4, 0.5) is 35.5 Å². The van der Waals surface area contributed by atoms with Gasteiger partial charge < -0.3 is 14.2 Å². The van der Waals surface area contributed by atoms with Gasteiger partial charge in [-0.2, -0.15) is 30.7 Å². The number of carbonyl (C=O) groups excluding carboxylic acids is 2. The van der Waals surface area contributed by atoms with Crippen LogP contribution in [0.5, 0.6) is 0 Å². The van der Waals surface area contributed by atoms with E-state index in [0.29, 0.717) is 0 Å². The molecule has 0 aromatic rings. The van der Waals surface area contributed by atoms with Crippen molar-refractivity contribution in [1.29, 1.82) is 0 Å². The van der Waals surface area contributed by atoms with Gasteiger partial charge in [0.2, 0.25) is 6.10 Å². The lowest BCUT2D eigenvalue weighted by Crippen LogP contribution is -2.54. The number of hydrogen-bond donors (Lipinski definition) is 0. The zero-order chi connectivity index (χ0) is 15.8. The highest BCUT2D eigenvalue weighted by molar-refractivity contribution is 5.79. The van der Waals surface area contributed by atoms with Crippen molar-refractivity contribution in [3.8, 4) is 0 Å². The summed E-state index contributed by atoms with van der Waals surface area (Å²) in [5.74, 6) is -13.8. The molecule has 1 fully saturated rings. The summed E-state index contributed by atoms with van der Waals surface area (Å²) in [6.45, 7) is -3.26. The van der Waals surface area contributed by atoms with Crippen molar-refractivity contribution in [2.45, 2.75) is 24.1 Å². The van der Waals surface area contributed by atoms with Crippen LogP contribution in [0.1, 0.15) is 0 Å². The van der Waals surface area contributed by atoms with Crippen LogP contribution in [0, 0.1) is 0 Å². The second-order valence-electron chi connectivity index (χ2n) is 3.55. The molecular weight excluding hydrogens is 309 g/mol. The van der Waals surface area contributed by atoms with E-state index in [2.05, 4.69) is 14.2 Å². The van der Waals surface area contributed by atoms with Crippen molar-refractivity contribution in [3.05, 3.63) is 0 Å². The van der Waals surface area contributed by atoms with Gasteiger partial charge in [-0.05, 0) is 0 Å². The molecule has 1 unspecified atom stereocenters. The minimum atomic E-state index is -6.52. The number of esters is 1. The largest absolute Gasteiger partial charge is 0.509 e. The maximum Gasteiger partial charge on any atom is 0.509 e. The average molecular weight is 314 g/mol. The van der Waals surface area contributed by atoms with Crippen molar-refractivity contribution >= 4 is 12.1 Å². The minimum absolute atomic E-state index is 0.723. The minimum Gasteiger partial charge on any atom is -0.456 e. The van der Waals surface area contributed by atoms with Gasteiger partial charge in [0.1, 0.15) is 6.61 Å². The van der Waals surface area contributed by atoms with Crippen molar-refractivity contribution in [2.75, 3.05) is 13.2 Å². The molecule has 5 nitrogen and oxygen atoms in total. The normalized spacial score (nSPS) is 20.4. The first kappa shape index (κ1) is 16.3. The number of alkyl halides is 7. The summed E-state index contributed by atoms with van der Waals surface area (Å²) in [6.07, 6.45) is -9.65. The Balaban J connectivity index is 2.64. The van der Waals surface area contributed by atoms with E-state index in [9.17, 15) is 40.3 Å². The number of carbonyl (C=O) groups is 2. The summed E-state index contributed by atoms with van der Waals surface area (Å²) >= 11 is 0. The third kappa shape index (κ3) is 3.04. The zero-order valence-corrected chi connectivity index (χ0v) is 9.18. The van der Waals surface area contributed by atoms with E-state index < -0.39 is 49.5 Å². The molecular formula is C8H5F7O5. The lowest BCUT2D eigenvalue weighted by Gasteiger charge is -2.27. The Morgan fingerprint density at radius 3 is 2.15 bits per heavy atom. The molecule has 0 aliphatic carbocycles. The fraction of sp³-hybridized carbons (Fsp3) is 0.750. The quantitative estimate of drug-likeness (QED) is 0.586. The van der Waals surface area contributed by atoms with E-state index in [1.54, 1.807) is 0 Å². The first-order valence-corrected chi connectivity index (χ1v) is 4.71. The summed E-state index contributed by atoms with van der Waals surface area (Å²) in [5, 5.41) is 0. The van der Waals surface area contributed by atoms with E-state index in [0.717, 1.165) is 0 Å². The zero-order valence-electron chi connectivity index (χ0n) is 9.18. The molecule has 0 N–H and O–H groups in total. The second kappa shape index (κ2) is 4.98. The molecule has 0 bridgehead atoms. The predicted molar refractivity (Wildman–Crippen MR) is 43.1 cm³/mol. The standard InChI is InChI=1S/C8H5F7O5/c9-6(10,7(11,12)8(13,14)15)2-19-4(16)3-1-18-5(17)20-3/h3H,1-2H2. The fourth-order valence-corrected chi connectivity index (χ4v) is 0.997. The molecule has 0 spiro atoms. The average Bonchev–Trinajstić information content (AvgIpc) is 2.71. The second-order valence-corrected chi connectivity index (χ2v) is 3.55. The number of rotatable bonds is 4. The Morgan fingerprint density at radius 2 is 1.75 bits per heavy atom. The van der Waals surface area contributed by atoms with Crippen molar-refractivity contribution in [2.24, 2.45) is 0 Å². The molecule has 0 aromatic heterocycles. The van der Waals surface area contributed by atoms with Crippen LogP contribution >= 0.6 is 0 Å². The van der Waals surface area contributed by atoms with Crippen LogP contribution in [0.3, 0.4) is 0 Å². The van der Waals surface area contributed by atoms with Gasteiger partial charge in [0.05, 0.1) is 0 Å². The summed E-state index contributed by atoms with van der Waals surface area (Å²) in [6, 6.07) is 0. The van der Waals surface area contributed by atoms with Gasteiger partial charge in [0.15, 0.2) is 6.61 Å². The lowest BCUT2D eigenvalue weighted by molar-refractivity contribution is -0.360. The van der Waals surface area contributed by atoms with Crippen LogP contribution in [-0.4, -0.2) is 49.5 Å². The van der Waals surface area contributed by atoms with Crippen LogP contribution < -0.4 is 0 Å². The fourth-order valence-electron chi connectivity index (χ4n) is 0.997. The number of hydrogen-bond acceptors (Lipinski definition) is 5. The van der Waals surface area contributed by atoms with Gasteiger partial charge in [-0.3, -0.25) is 0 Å². The van der Waals surface area contributed by atoms with E-state index in [4.69, 9.17) is 0 Å². The first-order chi connectivity index (χ1) is 8.88. The Hall–Kier alpha value is -1.75. The molecule has 116 valence electrons. The topological polar surface area (TPSA) is 61.8 Å². The molecule has 1 rings (SSSR count). The SMILES string of the molecule is O=C1OCC(C(=O)OCC(F)(F)C(F)(F)C(F)(F)F)O1. The van der Waals surface area contributed by atoms with Gasteiger partial charge in [-0.25, -0.2) is 9.59 Å².